The number of halogens is 2. The molecule has 0 aliphatic carbocycles. The molecule has 0 saturated heterocycles. The van der Waals surface area contributed by atoms with Crippen molar-refractivity contribution in [1.82, 2.24) is 19.5 Å². The van der Waals surface area contributed by atoms with Gasteiger partial charge in [-0.3, -0.25) is 0 Å². The molecule has 5 nitrogen and oxygen atoms in total. The molecule has 0 radical (unpaired) electrons. The smallest absolute Gasteiger partial charge is 0.300 e. The van der Waals surface area contributed by atoms with Crippen LogP contribution in [0.15, 0.2) is 49.1 Å². The maximum Gasteiger partial charge on any atom is 0.300 e. The summed E-state index contributed by atoms with van der Waals surface area (Å²) in [6.07, 6.45) is 5.39. The lowest BCUT2D eigenvalue weighted by molar-refractivity contribution is 0.449. The lowest BCUT2D eigenvalue weighted by atomic mass is 10.1. The van der Waals surface area contributed by atoms with Crippen LogP contribution in [0.4, 0.5) is 0 Å². The first-order valence-corrected chi connectivity index (χ1v) is 7.98. The fraction of sp³-hybridized carbons (Fsp3) is 0.0588. The van der Waals surface area contributed by atoms with E-state index in [2.05, 4.69) is 15.0 Å². The van der Waals surface area contributed by atoms with E-state index in [0.29, 0.717) is 21.8 Å². The van der Waals surface area contributed by atoms with E-state index in [-0.39, 0.29) is 0 Å². The first-order chi connectivity index (χ1) is 11.6. The second-order valence-electron chi connectivity index (χ2n) is 5.29. The average molecular weight is 359 g/mol. The van der Waals surface area contributed by atoms with Crippen molar-refractivity contribution in [3.63, 3.8) is 0 Å². The highest BCUT2D eigenvalue weighted by Gasteiger charge is 2.12. The molecule has 0 aliphatic rings. The molecule has 1 N–H and O–H groups in total. The summed E-state index contributed by atoms with van der Waals surface area (Å²) in [5, 5.41) is 0.983. The van der Waals surface area contributed by atoms with Gasteiger partial charge in [0.1, 0.15) is 5.75 Å². The maximum atomic E-state index is 6.14. The quantitative estimate of drug-likeness (QED) is 0.550. The fourth-order valence-corrected chi connectivity index (χ4v) is 3.02. The van der Waals surface area contributed by atoms with Gasteiger partial charge in [0.25, 0.3) is 6.01 Å². The Bertz CT molecular complexity index is 1020. The van der Waals surface area contributed by atoms with Gasteiger partial charge in [-0.1, -0.05) is 23.2 Å². The van der Waals surface area contributed by atoms with Crippen LogP contribution in [0, 0.1) is 6.92 Å². The monoisotopic (exact) mass is 358 g/mol. The van der Waals surface area contributed by atoms with E-state index in [1.54, 1.807) is 30.7 Å². The van der Waals surface area contributed by atoms with Crippen LogP contribution in [-0.4, -0.2) is 19.5 Å². The lowest BCUT2D eigenvalue weighted by Crippen LogP contribution is -1.94. The van der Waals surface area contributed by atoms with E-state index >= 15 is 0 Å². The second-order valence-corrected chi connectivity index (χ2v) is 6.14. The largest absolute Gasteiger partial charge is 0.424 e. The first-order valence-electron chi connectivity index (χ1n) is 7.22. The molecule has 2 aromatic heterocycles. The average Bonchev–Trinajstić information content (AvgIpc) is 3.20. The number of rotatable bonds is 3. The predicted molar refractivity (Wildman–Crippen MR) is 94.5 cm³/mol. The summed E-state index contributed by atoms with van der Waals surface area (Å²) in [7, 11) is 0. The highest BCUT2D eigenvalue weighted by atomic mass is 35.5. The molecule has 0 aliphatic heterocycles. The summed E-state index contributed by atoms with van der Waals surface area (Å²) < 4.78 is 7.70. The summed E-state index contributed by atoms with van der Waals surface area (Å²) in [5.41, 5.74) is 3.76. The number of imidazole rings is 2. The minimum Gasteiger partial charge on any atom is -0.424 e. The molecule has 7 heteroatoms. The van der Waals surface area contributed by atoms with Crippen molar-refractivity contribution in [3.8, 4) is 17.4 Å². The van der Waals surface area contributed by atoms with Gasteiger partial charge in [-0.15, -0.1) is 0 Å². The van der Waals surface area contributed by atoms with Crippen molar-refractivity contribution in [3.05, 3.63) is 64.7 Å². The number of aromatic amines is 1. The second kappa shape index (κ2) is 5.85. The third-order valence-corrected chi connectivity index (χ3v) is 4.27. The first kappa shape index (κ1) is 15.1. The molecule has 24 heavy (non-hydrogen) atoms. The summed E-state index contributed by atoms with van der Waals surface area (Å²) in [6.45, 7) is 2.01. The molecule has 2 aromatic carbocycles. The third-order valence-electron chi connectivity index (χ3n) is 3.74. The molecule has 0 spiro atoms. The molecule has 120 valence electrons. The minimum atomic E-state index is 0.375. The van der Waals surface area contributed by atoms with Gasteiger partial charge in [0.15, 0.2) is 0 Å². The summed E-state index contributed by atoms with van der Waals surface area (Å²) in [4.78, 5) is 11.8. The number of ether oxygens (including phenoxy) is 1. The van der Waals surface area contributed by atoms with E-state index in [1.165, 1.54) is 0 Å². The van der Waals surface area contributed by atoms with Crippen LogP contribution in [0.25, 0.3) is 16.7 Å². The Hall–Kier alpha value is -2.50. The Labute approximate surface area is 147 Å². The lowest BCUT2D eigenvalue weighted by Gasteiger charge is -2.06. The van der Waals surface area contributed by atoms with Crippen LogP contribution < -0.4 is 4.74 Å². The standard InChI is InChI=1S/C17H12Cl2N4O/c1-10-14(23-7-6-20-9-23)4-3-13-16(10)22-17(21-13)24-15-5-2-11(18)8-12(15)19/h2-9H,1H3,(H,21,22). The fourth-order valence-electron chi connectivity index (χ4n) is 2.57. The molecule has 0 atom stereocenters. The van der Waals surface area contributed by atoms with Crippen molar-refractivity contribution in [2.24, 2.45) is 0 Å². The molecule has 0 fully saturated rings. The number of nitrogens with zero attached hydrogens (tertiary/aromatic N) is 3. The van der Waals surface area contributed by atoms with Crippen LogP contribution >= 0.6 is 23.2 Å². The number of aromatic nitrogens is 4. The Kier molecular flexibility index (Phi) is 3.67. The molecule has 0 amide bonds. The van der Waals surface area contributed by atoms with Crippen molar-refractivity contribution in [2.45, 2.75) is 6.92 Å². The zero-order valence-corrected chi connectivity index (χ0v) is 14.1. The van der Waals surface area contributed by atoms with Gasteiger partial charge in [-0.05, 0) is 37.3 Å². The summed E-state index contributed by atoms with van der Waals surface area (Å²) in [5.74, 6) is 0.493. The van der Waals surface area contributed by atoms with Crippen LogP contribution in [0.2, 0.25) is 10.0 Å². The van der Waals surface area contributed by atoms with E-state index in [1.807, 2.05) is 29.8 Å². The molecule has 4 rings (SSSR count). The number of hydrogen-bond donors (Lipinski definition) is 1. The van der Waals surface area contributed by atoms with E-state index in [0.717, 1.165) is 22.3 Å². The molecular formula is C17H12Cl2N4O. The summed E-state index contributed by atoms with van der Waals surface area (Å²) in [6, 6.07) is 9.40. The topological polar surface area (TPSA) is 55.7 Å². The minimum absolute atomic E-state index is 0.375. The van der Waals surface area contributed by atoms with Gasteiger partial charge in [0.2, 0.25) is 0 Å². The number of fused-ring (bicyclic) bond motifs is 1. The van der Waals surface area contributed by atoms with Gasteiger partial charge in [-0.25, -0.2) is 4.98 Å². The van der Waals surface area contributed by atoms with E-state index in [9.17, 15) is 0 Å². The van der Waals surface area contributed by atoms with Gasteiger partial charge < -0.3 is 14.3 Å². The number of nitrogens with one attached hydrogen (secondary N) is 1. The van der Waals surface area contributed by atoms with Crippen LogP contribution in [0.1, 0.15) is 5.56 Å². The van der Waals surface area contributed by atoms with Crippen molar-refractivity contribution < 1.29 is 4.74 Å². The van der Waals surface area contributed by atoms with Crippen LogP contribution in [0.3, 0.4) is 0 Å². The van der Waals surface area contributed by atoms with Gasteiger partial charge in [-0.2, -0.15) is 4.98 Å². The van der Waals surface area contributed by atoms with Crippen molar-refractivity contribution in [2.75, 3.05) is 0 Å². The molecular weight excluding hydrogens is 347 g/mol. The normalized spacial score (nSPS) is 11.1. The summed E-state index contributed by atoms with van der Waals surface area (Å²) >= 11 is 12.0. The molecule has 0 bridgehead atoms. The van der Waals surface area contributed by atoms with E-state index in [4.69, 9.17) is 27.9 Å². The van der Waals surface area contributed by atoms with Crippen molar-refractivity contribution in [1.29, 1.82) is 0 Å². The predicted octanol–water partition coefficient (Wildman–Crippen LogP) is 5.16. The SMILES string of the molecule is Cc1c(-n2ccnc2)ccc2[nH]c(Oc3ccc(Cl)cc3Cl)nc12. The van der Waals surface area contributed by atoms with Gasteiger partial charge in [0.05, 0.1) is 28.1 Å². The number of benzene rings is 2. The Balaban J connectivity index is 1.74. The molecule has 4 aromatic rings. The van der Waals surface area contributed by atoms with Crippen LogP contribution in [0.5, 0.6) is 11.8 Å². The van der Waals surface area contributed by atoms with Gasteiger partial charge >= 0.3 is 0 Å². The number of aryl methyl sites for hydroxylation is 1. The Morgan fingerprint density at radius 1 is 1.17 bits per heavy atom. The molecule has 0 saturated carbocycles. The van der Waals surface area contributed by atoms with Crippen molar-refractivity contribution >= 4 is 34.2 Å². The molecule has 2 heterocycles. The Morgan fingerprint density at radius 2 is 2.04 bits per heavy atom. The number of hydrogen-bond acceptors (Lipinski definition) is 3. The zero-order valence-electron chi connectivity index (χ0n) is 12.6. The molecule has 0 unspecified atom stereocenters. The maximum absolute atomic E-state index is 6.14. The van der Waals surface area contributed by atoms with Crippen LogP contribution in [-0.2, 0) is 0 Å². The highest BCUT2D eigenvalue weighted by molar-refractivity contribution is 6.35. The number of H-pyrrole nitrogens is 1. The van der Waals surface area contributed by atoms with E-state index < -0.39 is 0 Å². The highest BCUT2D eigenvalue weighted by Crippen LogP contribution is 2.32. The van der Waals surface area contributed by atoms with Gasteiger partial charge in [0, 0.05) is 23.0 Å². The zero-order chi connectivity index (χ0) is 16.7. The third kappa shape index (κ3) is 2.62. The Morgan fingerprint density at radius 3 is 2.79 bits per heavy atom.